The first-order valence-corrected chi connectivity index (χ1v) is 13.3. The fourth-order valence-electron chi connectivity index (χ4n) is 5.85. The minimum absolute atomic E-state index is 0.156. The summed E-state index contributed by atoms with van der Waals surface area (Å²) in [5.74, 6) is -0.563. The molecule has 4 atom stereocenters. The van der Waals surface area contributed by atoms with Gasteiger partial charge in [0.2, 0.25) is 0 Å². The number of β-amino-alcohol motifs (C(OH)–C–C–N with tert-alkyl or cyclic N) is 1. The monoisotopic (exact) mass is 513 g/mol. The van der Waals surface area contributed by atoms with Gasteiger partial charge in [-0.1, -0.05) is 35.9 Å². The molecular formula is C29H40FN3O4. The van der Waals surface area contributed by atoms with Crippen LogP contribution in [0, 0.1) is 18.7 Å². The van der Waals surface area contributed by atoms with Crippen LogP contribution < -0.4 is 5.73 Å². The van der Waals surface area contributed by atoms with Gasteiger partial charge in [0.05, 0.1) is 11.7 Å². The number of nitrogens with zero attached hydrogens (tertiary/aromatic N) is 2. The number of hydrogen-bond donors (Lipinski definition) is 3. The first-order chi connectivity index (χ1) is 17.7. The number of amides is 2. The lowest BCUT2D eigenvalue weighted by atomic mass is 9.72. The smallest absolute Gasteiger partial charge is 0.320 e. The van der Waals surface area contributed by atoms with Crippen molar-refractivity contribution in [3.63, 3.8) is 0 Å². The summed E-state index contributed by atoms with van der Waals surface area (Å²) in [5, 5.41) is 22.5. The van der Waals surface area contributed by atoms with Crippen molar-refractivity contribution in [3.05, 3.63) is 59.4 Å². The molecule has 0 bridgehead atoms. The Hall–Kier alpha value is -2.52. The molecule has 7 nitrogen and oxygen atoms in total. The summed E-state index contributed by atoms with van der Waals surface area (Å²) in [6, 6.07) is 11.9. The molecule has 2 aliphatic rings. The van der Waals surface area contributed by atoms with Crippen LogP contribution in [0.2, 0.25) is 0 Å². The van der Waals surface area contributed by atoms with Gasteiger partial charge in [0.1, 0.15) is 5.82 Å². The van der Waals surface area contributed by atoms with Gasteiger partial charge in [-0.05, 0) is 62.3 Å². The van der Waals surface area contributed by atoms with Gasteiger partial charge in [-0.3, -0.25) is 0 Å². The van der Waals surface area contributed by atoms with Crippen LogP contribution in [0.15, 0.2) is 42.5 Å². The molecule has 2 heterocycles. The Morgan fingerprint density at radius 3 is 2.65 bits per heavy atom. The zero-order valence-corrected chi connectivity index (χ0v) is 21.9. The first-order valence-electron chi connectivity index (χ1n) is 13.3. The number of rotatable bonds is 8. The molecule has 0 saturated carbocycles. The molecule has 2 aromatic carbocycles. The molecule has 202 valence electrons. The van der Waals surface area contributed by atoms with E-state index in [4.69, 9.17) is 10.5 Å². The maximum absolute atomic E-state index is 15.0. The van der Waals surface area contributed by atoms with Crippen LogP contribution in [0.4, 0.5) is 9.18 Å². The topological polar surface area (TPSA) is 99.3 Å². The van der Waals surface area contributed by atoms with Crippen LogP contribution in [0.5, 0.6) is 0 Å². The number of aliphatic hydroxyl groups excluding tert-OH is 1. The third-order valence-electron chi connectivity index (χ3n) is 7.93. The fourth-order valence-corrected chi connectivity index (χ4v) is 5.85. The maximum atomic E-state index is 15.0. The number of halogens is 1. The number of unbranched alkanes of at least 4 members (excludes halogenated alkanes) is 1. The zero-order chi connectivity index (χ0) is 26.6. The third kappa shape index (κ3) is 5.98. The Kier molecular flexibility index (Phi) is 8.85. The normalized spacial score (nSPS) is 23.8. The SMILES string of the molecule is COCCCCC(O)(c1ccccc1-c1cc(C)ccc1F)C1CCCN(C(=O)N2CC(N)C(O)C2)C1. The van der Waals surface area contributed by atoms with Gasteiger partial charge < -0.3 is 30.5 Å². The zero-order valence-electron chi connectivity index (χ0n) is 21.9. The number of hydrogen-bond acceptors (Lipinski definition) is 5. The van der Waals surface area contributed by atoms with Crippen molar-refractivity contribution in [1.82, 2.24) is 9.80 Å². The van der Waals surface area contributed by atoms with Gasteiger partial charge in [-0.25, -0.2) is 9.18 Å². The van der Waals surface area contributed by atoms with Crippen molar-refractivity contribution < 1.29 is 24.1 Å². The Morgan fingerprint density at radius 2 is 1.92 bits per heavy atom. The van der Waals surface area contributed by atoms with Crippen molar-refractivity contribution in [2.75, 3.05) is 39.9 Å². The first kappa shape index (κ1) is 27.5. The molecule has 4 rings (SSSR count). The van der Waals surface area contributed by atoms with E-state index in [1.165, 1.54) is 6.07 Å². The van der Waals surface area contributed by atoms with E-state index in [1.807, 2.05) is 37.3 Å². The van der Waals surface area contributed by atoms with Gasteiger partial charge in [0.25, 0.3) is 0 Å². The van der Waals surface area contributed by atoms with Crippen LogP contribution in [0.3, 0.4) is 0 Å². The molecule has 2 fully saturated rings. The minimum Gasteiger partial charge on any atom is -0.390 e. The number of benzene rings is 2. The molecule has 8 heteroatoms. The van der Waals surface area contributed by atoms with Crippen LogP contribution in [-0.4, -0.2) is 78.1 Å². The molecule has 2 saturated heterocycles. The van der Waals surface area contributed by atoms with Crippen molar-refractivity contribution in [1.29, 1.82) is 0 Å². The minimum atomic E-state index is -1.26. The second-order valence-corrected chi connectivity index (χ2v) is 10.6. The van der Waals surface area contributed by atoms with E-state index in [0.717, 1.165) is 31.2 Å². The van der Waals surface area contributed by atoms with Crippen LogP contribution in [0.25, 0.3) is 11.1 Å². The van der Waals surface area contributed by atoms with Crippen molar-refractivity contribution in [2.45, 2.75) is 56.8 Å². The van der Waals surface area contributed by atoms with Gasteiger partial charge in [-0.2, -0.15) is 0 Å². The standard InChI is InChI=1S/C29H40FN3O4/c1-20-11-12-25(30)23(16-20)22-9-3-4-10-24(22)29(36,13-5-6-15-37-2)21-8-7-14-32(17-21)28(35)33-18-26(31)27(34)19-33/h3-4,9-12,16,21,26-27,34,36H,5-8,13-15,17-19,31H2,1-2H3. The van der Waals surface area contributed by atoms with E-state index in [2.05, 4.69) is 0 Å². The van der Waals surface area contributed by atoms with E-state index >= 15 is 4.39 Å². The summed E-state index contributed by atoms with van der Waals surface area (Å²) in [6.07, 6.45) is 2.77. The highest BCUT2D eigenvalue weighted by atomic mass is 19.1. The van der Waals surface area contributed by atoms with Crippen LogP contribution in [-0.2, 0) is 10.3 Å². The van der Waals surface area contributed by atoms with E-state index in [-0.39, 0.29) is 24.3 Å². The van der Waals surface area contributed by atoms with E-state index in [1.54, 1.807) is 23.0 Å². The van der Waals surface area contributed by atoms with Gasteiger partial charge in [0, 0.05) is 57.4 Å². The van der Waals surface area contributed by atoms with Crippen molar-refractivity contribution in [2.24, 2.45) is 11.7 Å². The summed E-state index contributed by atoms with van der Waals surface area (Å²) in [7, 11) is 1.66. The lowest BCUT2D eigenvalue weighted by Crippen LogP contribution is -2.52. The average molecular weight is 514 g/mol. The number of carbonyl (C=O) groups excluding carboxylic acids is 1. The maximum Gasteiger partial charge on any atom is 0.320 e. The van der Waals surface area contributed by atoms with Crippen molar-refractivity contribution in [3.8, 4) is 11.1 Å². The van der Waals surface area contributed by atoms with Gasteiger partial charge in [0.15, 0.2) is 0 Å². The number of piperidine rings is 1. The number of methoxy groups -OCH3 is 1. The van der Waals surface area contributed by atoms with Crippen LogP contribution in [0.1, 0.15) is 43.2 Å². The summed E-state index contributed by atoms with van der Waals surface area (Å²) < 4.78 is 20.3. The average Bonchev–Trinajstić information content (AvgIpc) is 3.25. The highest BCUT2D eigenvalue weighted by Gasteiger charge is 2.44. The Morgan fingerprint density at radius 1 is 1.14 bits per heavy atom. The Bertz CT molecular complexity index is 1070. The van der Waals surface area contributed by atoms with Gasteiger partial charge in [-0.15, -0.1) is 0 Å². The number of likely N-dealkylation sites (tertiary alicyclic amines) is 2. The number of urea groups is 1. The number of aliphatic hydroxyl groups is 2. The predicted molar refractivity (Wildman–Crippen MR) is 141 cm³/mol. The molecule has 2 amide bonds. The molecule has 0 spiro atoms. The lowest BCUT2D eigenvalue weighted by Gasteiger charge is -2.44. The second kappa shape index (κ2) is 11.9. The Labute approximate surface area is 219 Å². The molecule has 2 aromatic rings. The number of aryl methyl sites for hydroxylation is 1. The summed E-state index contributed by atoms with van der Waals surface area (Å²) in [5.41, 5.74) is 7.45. The number of carbonyl (C=O) groups is 1. The summed E-state index contributed by atoms with van der Waals surface area (Å²) in [4.78, 5) is 16.7. The molecule has 0 aromatic heterocycles. The molecule has 4 unspecified atom stereocenters. The lowest BCUT2D eigenvalue weighted by molar-refractivity contribution is -0.0572. The molecule has 2 aliphatic heterocycles. The second-order valence-electron chi connectivity index (χ2n) is 10.6. The molecule has 0 radical (unpaired) electrons. The van der Waals surface area contributed by atoms with Crippen molar-refractivity contribution >= 4 is 6.03 Å². The van der Waals surface area contributed by atoms with Gasteiger partial charge >= 0.3 is 6.03 Å². The number of nitrogens with two attached hydrogens (primary N) is 1. The molecule has 0 aliphatic carbocycles. The number of ether oxygens (including phenoxy) is 1. The van der Waals surface area contributed by atoms with E-state index in [9.17, 15) is 15.0 Å². The third-order valence-corrected chi connectivity index (χ3v) is 7.93. The summed E-state index contributed by atoms with van der Waals surface area (Å²) >= 11 is 0. The largest absolute Gasteiger partial charge is 0.390 e. The predicted octanol–water partition coefficient (Wildman–Crippen LogP) is 3.64. The van der Waals surface area contributed by atoms with Crippen LogP contribution >= 0.6 is 0 Å². The highest BCUT2D eigenvalue weighted by Crippen LogP contribution is 2.44. The quantitative estimate of drug-likeness (QED) is 0.468. The Balaban J connectivity index is 1.67. The fraction of sp³-hybridized carbons (Fsp3) is 0.552. The molecule has 37 heavy (non-hydrogen) atoms. The summed E-state index contributed by atoms with van der Waals surface area (Å²) in [6.45, 7) is 4.03. The molecule has 4 N–H and O–H groups in total. The van der Waals surface area contributed by atoms with E-state index in [0.29, 0.717) is 49.4 Å². The molecular weight excluding hydrogens is 473 g/mol. The van der Waals surface area contributed by atoms with E-state index < -0.39 is 17.7 Å². The highest BCUT2D eigenvalue weighted by molar-refractivity contribution is 5.75.